The molecule has 1 N–H and O–H groups in total. The molecule has 2 atom stereocenters. The minimum absolute atomic E-state index is 0.349. The maximum absolute atomic E-state index is 5.85. The lowest BCUT2D eigenvalue weighted by Gasteiger charge is -2.24. The van der Waals surface area contributed by atoms with Gasteiger partial charge in [0.25, 0.3) is 0 Å². The number of rotatable bonds is 7. The Morgan fingerprint density at radius 1 is 1.26 bits per heavy atom. The van der Waals surface area contributed by atoms with E-state index in [4.69, 9.17) is 4.74 Å². The van der Waals surface area contributed by atoms with Gasteiger partial charge in [0, 0.05) is 6.61 Å². The van der Waals surface area contributed by atoms with E-state index in [1.165, 1.54) is 43.2 Å². The number of hydrogen-bond donors (Lipinski definition) is 1. The van der Waals surface area contributed by atoms with E-state index in [9.17, 15) is 0 Å². The Bertz CT molecular complexity index is 354. The lowest BCUT2D eigenvalue weighted by atomic mass is 9.97. The zero-order valence-electron chi connectivity index (χ0n) is 12.3. The molecule has 19 heavy (non-hydrogen) atoms. The van der Waals surface area contributed by atoms with Crippen LogP contribution in [0.2, 0.25) is 0 Å². The molecule has 106 valence electrons. The van der Waals surface area contributed by atoms with Crippen LogP contribution in [-0.2, 0) is 11.2 Å². The highest BCUT2D eigenvalue weighted by Crippen LogP contribution is 2.27. The molecule has 2 rings (SSSR count). The van der Waals surface area contributed by atoms with E-state index in [2.05, 4.69) is 43.4 Å². The first-order valence-corrected chi connectivity index (χ1v) is 7.79. The summed E-state index contributed by atoms with van der Waals surface area (Å²) in [6, 6.07) is 9.47. The van der Waals surface area contributed by atoms with Gasteiger partial charge in [-0.1, -0.05) is 44.5 Å². The van der Waals surface area contributed by atoms with Crippen molar-refractivity contribution in [2.24, 2.45) is 0 Å². The van der Waals surface area contributed by atoms with Gasteiger partial charge >= 0.3 is 0 Å². The number of aryl methyl sites for hydroxylation is 1. The number of nitrogens with one attached hydrogen (secondary N) is 1. The number of benzene rings is 1. The van der Waals surface area contributed by atoms with Gasteiger partial charge in [-0.25, -0.2) is 0 Å². The van der Waals surface area contributed by atoms with Crippen molar-refractivity contribution in [3.63, 3.8) is 0 Å². The van der Waals surface area contributed by atoms with E-state index in [0.29, 0.717) is 12.1 Å². The van der Waals surface area contributed by atoms with Crippen LogP contribution < -0.4 is 5.32 Å². The van der Waals surface area contributed by atoms with Gasteiger partial charge < -0.3 is 10.1 Å². The van der Waals surface area contributed by atoms with E-state index in [-0.39, 0.29) is 0 Å². The Hall–Kier alpha value is -0.860. The first kappa shape index (κ1) is 14.5. The number of unbranched alkanes of at least 4 members (excludes halogenated alkanes) is 1. The molecule has 1 saturated heterocycles. The molecule has 0 aliphatic carbocycles. The van der Waals surface area contributed by atoms with Gasteiger partial charge in [-0.05, 0) is 43.4 Å². The topological polar surface area (TPSA) is 21.3 Å². The predicted octanol–water partition coefficient (Wildman–Crippen LogP) is 3.86. The first-order valence-electron chi connectivity index (χ1n) is 7.79. The van der Waals surface area contributed by atoms with Crippen LogP contribution in [0.3, 0.4) is 0 Å². The maximum atomic E-state index is 5.85. The summed E-state index contributed by atoms with van der Waals surface area (Å²) in [5.41, 5.74) is 2.82. The molecule has 2 nitrogen and oxygen atoms in total. The molecule has 1 aliphatic rings. The second kappa shape index (κ2) is 7.66. The largest absolute Gasteiger partial charge is 0.376 e. The monoisotopic (exact) mass is 261 g/mol. The molecule has 0 amide bonds. The maximum Gasteiger partial charge on any atom is 0.0770 e. The minimum Gasteiger partial charge on any atom is -0.376 e. The highest BCUT2D eigenvalue weighted by molar-refractivity contribution is 5.26. The summed E-state index contributed by atoms with van der Waals surface area (Å²) in [6.45, 7) is 6.31. The SMILES string of the molecule is CCCCc1ccc(C(NCC)C2CCCO2)cc1. The average Bonchev–Trinajstić information content (AvgIpc) is 2.97. The molecule has 1 aromatic rings. The van der Waals surface area contributed by atoms with Gasteiger partial charge in [0.1, 0.15) is 0 Å². The molecule has 1 aliphatic heterocycles. The minimum atomic E-state index is 0.349. The molecular formula is C17H27NO. The second-order valence-corrected chi connectivity index (χ2v) is 5.43. The zero-order valence-corrected chi connectivity index (χ0v) is 12.3. The van der Waals surface area contributed by atoms with Gasteiger partial charge in [-0.2, -0.15) is 0 Å². The fourth-order valence-electron chi connectivity index (χ4n) is 2.82. The van der Waals surface area contributed by atoms with Crippen LogP contribution in [0.15, 0.2) is 24.3 Å². The fraction of sp³-hybridized carbons (Fsp3) is 0.647. The normalized spacial score (nSPS) is 20.6. The van der Waals surface area contributed by atoms with Crippen LogP contribution >= 0.6 is 0 Å². The Kier molecular flexibility index (Phi) is 5.87. The van der Waals surface area contributed by atoms with Crippen molar-refractivity contribution in [1.29, 1.82) is 0 Å². The molecule has 0 saturated carbocycles. The van der Waals surface area contributed by atoms with Crippen molar-refractivity contribution in [2.45, 2.75) is 58.1 Å². The quantitative estimate of drug-likeness (QED) is 0.804. The smallest absolute Gasteiger partial charge is 0.0770 e. The zero-order chi connectivity index (χ0) is 13.5. The number of ether oxygens (including phenoxy) is 1. The molecule has 1 heterocycles. The van der Waals surface area contributed by atoms with Crippen LogP contribution in [0, 0.1) is 0 Å². The van der Waals surface area contributed by atoms with E-state index in [0.717, 1.165) is 13.2 Å². The summed E-state index contributed by atoms with van der Waals surface area (Å²) in [5.74, 6) is 0. The van der Waals surface area contributed by atoms with E-state index in [1.54, 1.807) is 0 Å². The van der Waals surface area contributed by atoms with Crippen LogP contribution in [0.25, 0.3) is 0 Å². The Balaban J connectivity index is 2.03. The number of hydrogen-bond acceptors (Lipinski definition) is 2. The summed E-state index contributed by atoms with van der Waals surface area (Å²) in [4.78, 5) is 0. The molecule has 1 aromatic carbocycles. The van der Waals surface area contributed by atoms with Crippen LogP contribution in [0.4, 0.5) is 0 Å². The van der Waals surface area contributed by atoms with E-state index in [1.807, 2.05) is 0 Å². The summed E-state index contributed by atoms with van der Waals surface area (Å²) >= 11 is 0. The molecule has 1 fully saturated rings. The highest BCUT2D eigenvalue weighted by Gasteiger charge is 2.26. The van der Waals surface area contributed by atoms with Crippen molar-refractivity contribution in [3.05, 3.63) is 35.4 Å². The third kappa shape index (κ3) is 4.05. The summed E-state index contributed by atoms with van der Waals surface area (Å²) in [6.07, 6.45) is 6.46. The average molecular weight is 261 g/mol. The van der Waals surface area contributed by atoms with Crippen molar-refractivity contribution in [3.8, 4) is 0 Å². The molecular weight excluding hydrogens is 234 g/mol. The van der Waals surface area contributed by atoms with Gasteiger partial charge in [-0.15, -0.1) is 0 Å². The van der Waals surface area contributed by atoms with Gasteiger partial charge in [0.05, 0.1) is 12.1 Å². The van der Waals surface area contributed by atoms with Crippen molar-refractivity contribution in [1.82, 2.24) is 5.32 Å². The highest BCUT2D eigenvalue weighted by atomic mass is 16.5. The Morgan fingerprint density at radius 2 is 2.05 bits per heavy atom. The predicted molar refractivity (Wildman–Crippen MR) is 80.4 cm³/mol. The molecule has 0 spiro atoms. The summed E-state index contributed by atoms with van der Waals surface area (Å²) < 4.78 is 5.85. The van der Waals surface area contributed by atoms with E-state index < -0.39 is 0 Å². The first-order chi connectivity index (χ1) is 9.35. The molecule has 0 bridgehead atoms. The Morgan fingerprint density at radius 3 is 2.63 bits per heavy atom. The Labute approximate surface area is 117 Å². The van der Waals surface area contributed by atoms with Gasteiger partial charge in [-0.3, -0.25) is 0 Å². The third-order valence-electron chi connectivity index (χ3n) is 3.92. The van der Waals surface area contributed by atoms with Crippen LogP contribution in [0.5, 0.6) is 0 Å². The van der Waals surface area contributed by atoms with E-state index >= 15 is 0 Å². The lowest BCUT2D eigenvalue weighted by Crippen LogP contribution is -2.31. The van der Waals surface area contributed by atoms with Crippen molar-refractivity contribution < 1.29 is 4.74 Å². The number of likely N-dealkylation sites (N-methyl/N-ethyl adjacent to an activating group) is 1. The molecule has 0 aromatic heterocycles. The fourth-order valence-corrected chi connectivity index (χ4v) is 2.82. The summed E-state index contributed by atoms with van der Waals surface area (Å²) in [7, 11) is 0. The second-order valence-electron chi connectivity index (χ2n) is 5.43. The van der Waals surface area contributed by atoms with Gasteiger partial charge in [0.2, 0.25) is 0 Å². The van der Waals surface area contributed by atoms with Crippen LogP contribution in [-0.4, -0.2) is 19.3 Å². The molecule has 0 radical (unpaired) electrons. The van der Waals surface area contributed by atoms with Crippen LogP contribution in [0.1, 0.15) is 56.7 Å². The third-order valence-corrected chi connectivity index (χ3v) is 3.92. The lowest BCUT2D eigenvalue weighted by molar-refractivity contribution is 0.0788. The van der Waals surface area contributed by atoms with Crippen molar-refractivity contribution >= 4 is 0 Å². The standard InChI is InChI=1S/C17H27NO/c1-3-5-7-14-9-11-15(12-10-14)17(18-4-2)16-8-6-13-19-16/h9-12,16-18H,3-8,13H2,1-2H3. The van der Waals surface area contributed by atoms with Gasteiger partial charge in [0.15, 0.2) is 0 Å². The molecule has 2 unspecified atom stereocenters. The summed E-state index contributed by atoms with van der Waals surface area (Å²) in [5, 5.41) is 3.58. The van der Waals surface area contributed by atoms with Crippen molar-refractivity contribution in [2.75, 3.05) is 13.2 Å². The molecule has 2 heteroatoms.